The Morgan fingerprint density at radius 3 is 2.88 bits per heavy atom. The number of likely N-dealkylation sites (tertiary alicyclic amines) is 1. The van der Waals surface area contributed by atoms with Gasteiger partial charge in [0, 0.05) is 30.6 Å². The van der Waals surface area contributed by atoms with E-state index in [2.05, 4.69) is 21.9 Å². The molecule has 25 heavy (non-hydrogen) atoms. The molecular weight excluding hydrogens is 321 g/mol. The number of carbonyl (C=O) groups is 1. The van der Waals surface area contributed by atoms with E-state index in [1.807, 2.05) is 6.20 Å². The second-order valence-corrected chi connectivity index (χ2v) is 7.83. The van der Waals surface area contributed by atoms with Crippen molar-refractivity contribution in [1.82, 2.24) is 19.5 Å². The fourth-order valence-corrected chi connectivity index (χ4v) is 4.22. The van der Waals surface area contributed by atoms with E-state index in [0.29, 0.717) is 11.0 Å². The highest BCUT2D eigenvalue weighted by Gasteiger charge is 2.44. The Bertz CT molecular complexity index is 1010. The lowest BCUT2D eigenvalue weighted by molar-refractivity contribution is 0.0741. The molecule has 1 aliphatic carbocycles. The van der Waals surface area contributed by atoms with Crippen molar-refractivity contribution in [1.29, 1.82) is 0 Å². The highest BCUT2D eigenvalue weighted by atomic mass is 19.1. The Kier molecular flexibility index (Phi) is 2.87. The molecule has 5 rings (SSSR count). The predicted octanol–water partition coefficient (Wildman–Crippen LogP) is 2.04. The fourth-order valence-electron chi connectivity index (χ4n) is 4.22. The van der Waals surface area contributed by atoms with E-state index >= 15 is 0 Å². The molecule has 130 valence electrons. The molecule has 1 aromatic carbocycles. The van der Waals surface area contributed by atoms with E-state index in [-0.39, 0.29) is 11.0 Å². The van der Waals surface area contributed by atoms with Crippen molar-refractivity contribution in [3.8, 4) is 0 Å². The molecule has 0 unspecified atom stereocenters. The maximum absolute atomic E-state index is 13.8. The van der Waals surface area contributed by atoms with Gasteiger partial charge in [-0.2, -0.15) is 5.10 Å². The van der Waals surface area contributed by atoms with Crippen molar-refractivity contribution in [3.05, 3.63) is 35.3 Å². The molecule has 3 heterocycles. The SMILES string of the molecule is CC1(c2cnn3c2[nH]c2cc(F)cc(C(N)=O)c23)CN(CC2CC2)C1. The van der Waals surface area contributed by atoms with Crippen LogP contribution in [0.3, 0.4) is 0 Å². The average Bonchev–Trinajstić information content (AvgIpc) is 3.12. The Balaban J connectivity index is 1.59. The van der Waals surface area contributed by atoms with Crippen molar-refractivity contribution in [2.75, 3.05) is 19.6 Å². The minimum atomic E-state index is -0.659. The van der Waals surface area contributed by atoms with Gasteiger partial charge in [-0.15, -0.1) is 0 Å². The van der Waals surface area contributed by atoms with E-state index in [1.165, 1.54) is 31.5 Å². The van der Waals surface area contributed by atoms with Gasteiger partial charge in [-0.1, -0.05) is 6.92 Å². The molecular formula is C18H20FN5O. The van der Waals surface area contributed by atoms with Crippen LogP contribution in [0.15, 0.2) is 18.3 Å². The number of primary amides is 1. The van der Waals surface area contributed by atoms with Crippen molar-refractivity contribution in [3.63, 3.8) is 0 Å². The first-order valence-electron chi connectivity index (χ1n) is 8.66. The minimum absolute atomic E-state index is 0.0168. The number of nitrogens with two attached hydrogens (primary N) is 1. The third kappa shape index (κ3) is 2.18. The van der Waals surface area contributed by atoms with E-state index in [1.54, 1.807) is 4.52 Å². The van der Waals surface area contributed by atoms with Crippen molar-refractivity contribution >= 4 is 22.6 Å². The van der Waals surface area contributed by atoms with Crippen molar-refractivity contribution < 1.29 is 9.18 Å². The van der Waals surface area contributed by atoms with Gasteiger partial charge < -0.3 is 15.6 Å². The molecule has 2 aromatic heterocycles. The van der Waals surface area contributed by atoms with Crippen LogP contribution in [0.4, 0.5) is 4.39 Å². The summed E-state index contributed by atoms with van der Waals surface area (Å²) in [4.78, 5) is 17.4. The lowest BCUT2D eigenvalue weighted by Crippen LogP contribution is -2.57. The summed E-state index contributed by atoms with van der Waals surface area (Å²) >= 11 is 0. The summed E-state index contributed by atoms with van der Waals surface area (Å²) in [5.74, 6) is -0.267. The number of aromatic nitrogens is 3. The molecule has 1 amide bonds. The molecule has 3 aromatic rings. The zero-order valence-corrected chi connectivity index (χ0v) is 14.1. The van der Waals surface area contributed by atoms with Crippen LogP contribution in [0.5, 0.6) is 0 Å². The minimum Gasteiger partial charge on any atom is -0.366 e. The second-order valence-electron chi connectivity index (χ2n) is 7.83. The zero-order valence-electron chi connectivity index (χ0n) is 14.1. The van der Waals surface area contributed by atoms with Gasteiger partial charge in [0.2, 0.25) is 0 Å². The number of fused-ring (bicyclic) bond motifs is 3. The molecule has 2 aliphatic rings. The second kappa shape index (κ2) is 4.82. The summed E-state index contributed by atoms with van der Waals surface area (Å²) in [7, 11) is 0. The number of H-pyrrole nitrogens is 1. The van der Waals surface area contributed by atoms with Crippen LogP contribution in [0.1, 0.15) is 35.7 Å². The molecule has 0 spiro atoms. The molecule has 1 saturated carbocycles. The highest BCUT2D eigenvalue weighted by Crippen LogP contribution is 2.40. The van der Waals surface area contributed by atoms with Crippen LogP contribution in [0.25, 0.3) is 16.7 Å². The molecule has 7 heteroatoms. The van der Waals surface area contributed by atoms with Crippen LogP contribution in [0.2, 0.25) is 0 Å². The van der Waals surface area contributed by atoms with Crippen LogP contribution >= 0.6 is 0 Å². The first-order valence-corrected chi connectivity index (χ1v) is 8.66. The number of aromatic amines is 1. The van der Waals surface area contributed by atoms with E-state index in [0.717, 1.165) is 30.2 Å². The van der Waals surface area contributed by atoms with Crippen LogP contribution in [-0.2, 0) is 5.41 Å². The van der Waals surface area contributed by atoms with Crippen LogP contribution in [-0.4, -0.2) is 45.0 Å². The Labute approximate surface area is 143 Å². The smallest absolute Gasteiger partial charge is 0.251 e. The van der Waals surface area contributed by atoms with E-state index < -0.39 is 11.7 Å². The molecule has 0 bridgehead atoms. The molecule has 6 nitrogen and oxygen atoms in total. The fraction of sp³-hybridized carbons (Fsp3) is 0.444. The highest BCUT2D eigenvalue weighted by molar-refractivity contribution is 6.05. The monoisotopic (exact) mass is 341 g/mol. The topological polar surface area (TPSA) is 79.4 Å². The normalized spacial score (nSPS) is 20.2. The van der Waals surface area contributed by atoms with Gasteiger partial charge in [-0.3, -0.25) is 4.79 Å². The Morgan fingerprint density at radius 1 is 1.44 bits per heavy atom. The number of nitrogens with zero attached hydrogens (tertiary/aromatic N) is 3. The molecule has 1 aliphatic heterocycles. The number of rotatable bonds is 4. The standard InChI is InChI=1S/C18H20FN5O/c1-18(8-23(9-18)7-10-2-3-10)13-6-21-24-15-12(16(20)25)4-11(19)5-14(15)22-17(13)24/h4-6,10,22H,2-3,7-9H2,1H3,(H2,20,25). The summed E-state index contributed by atoms with van der Waals surface area (Å²) in [5, 5.41) is 4.46. The Morgan fingerprint density at radius 2 is 2.20 bits per heavy atom. The van der Waals surface area contributed by atoms with Crippen molar-refractivity contribution in [2.45, 2.75) is 25.2 Å². The number of benzene rings is 1. The summed E-state index contributed by atoms with van der Waals surface area (Å²) in [6.45, 7) is 5.41. The molecule has 1 saturated heterocycles. The number of hydrogen-bond donors (Lipinski definition) is 2. The van der Waals surface area contributed by atoms with Gasteiger partial charge in [0.25, 0.3) is 5.91 Å². The average molecular weight is 341 g/mol. The predicted molar refractivity (Wildman–Crippen MR) is 92.0 cm³/mol. The number of nitrogens with one attached hydrogen (secondary N) is 1. The third-order valence-corrected chi connectivity index (χ3v) is 5.58. The maximum Gasteiger partial charge on any atom is 0.251 e. The first-order chi connectivity index (χ1) is 11.9. The summed E-state index contributed by atoms with van der Waals surface area (Å²) in [6.07, 6.45) is 4.57. The van der Waals surface area contributed by atoms with Crippen molar-refractivity contribution in [2.24, 2.45) is 11.7 Å². The number of halogens is 1. The van der Waals surface area contributed by atoms with E-state index in [4.69, 9.17) is 5.73 Å². The number of amides is 1. The number of carbonyl (C=O) groups excluding carboxylic acids is 1. The van der Waals surface area contributed by atoms with Gasteiger partial charge in [-0.25, -0.2) is 8.91 Å². The van der Waals surface area contributed by atoms with Crippen LogP contribution < -0.4 is 5.73 Å². The van der Waals surface area contributed by atoms with Gasteiger partial charge >= 0.3 is 0 Å². The van der Waals surface area contributed by atoms with Crippen LogP contribution in [0, 0.1) is 11.7 Å². The van der Waals surface area contributed by atoms with Gasteiger partial charge in [0.1, 0.15) is 17.0 Å². The largest absolute Gasteiger partial charge is 0.366 e. The summed E-state index contributed by atoms with van der Waals surface area (Å²) in [5.41, 5.74) is 8.59. The number of imidazole rings is 1. The Hall–Kier alpha value is -2.41. The zero-order chi connectivity index (χ0) is 17.3. The third-order valence-electron chi connectivity index (χ3n) is 5.58. The summed E-state index contributed by atoms with van der Waals surface area (Å²) < 4.78 is 15.5. The number of hydrogen-bond acceptors (Lipinski definition) is 3. The van der Waals surface area contributed by atoms with Gasteiger partial charge in [0.15, 0.2) is 0 Å². The molecule has 0 atom stereocenters. The van der Waals surface area contributed by atoms with Gasteiger partial charge in [0.05, 0.1) is 17.3 Å². The quantitative estimate of drug-likeness (QED) is 0.762. The maximum atomic E-state index is 13.8. The molecule has 0 radical (unpaired) electrons. The van der Waals surface area contributed by atoms with E-state index in [9.17, 15) is 9.18 Å². The summed E-state index contributed by atoms with van der Waals surface area (Å²) in [6, 6.07) is 2.55. The molecule has 2 fully saturated rings. The molecule has 3 N–H and O–H groups in total. The first kappa shape index (κ1) is 14.9. The van der Waals surface area contributed by atoms with Gasteiger partial charge in [-0.05, 0) is 30.9 Å². The lowest BCUT2D eigenvalue weighted by atomic mass is 9.76. The lowest BCUT2D eigenvalue weighted by Gasteiger charge is -2.48.